The van der Waals surface area contributed by atoms with Gasteiger partial charge in [-0.15, -0.1) is 5.10 Å². The van der Waals surface area contributed by atoms with E-state index in [0.29, 0.717) is 18.2 Å². The largest absolute Gasteiger partial charge is 0.455 e. The third-order valence-electron chi connectivity index (χ3n) is 4.21. The highest BCUT2D eigenvalue weighted by molar-refractivity contribution is 7.97. The first kappa shape index (κ1) is 17.0. The van der Waals surface area contributed by atoms with Gasteiger partial charge in [-0.1, -0.05) is 5.21 Å². The molecule has 3 rings (SSSR count). The van der Waals surface area contributed by atoms with Gasteiger partial charge >= 0.3 is 0 Å². The number of hydrogen-bond donors (Lipinski definition) is 1. The third-order valence-corrected chi connectivity index (χ3v) is 4.78. The van der Waals surface area contributed by atoms with Crippen molar-refractivity contribution in [2.24, 2.45) is 11.7 Å². The molecule has 1 aliphatic rings. The van der Waals surface area contributed by atoms with E-state index in [1.54, 1.807) is 17.8 Å². The number of nitrogens with two attached hydrogens (primary N) is 1. The van der Waals surface area contributed by atoms with Crippen LogP contribution in [0.2, 0.25) is 0 Å². The van der Waals surface area contributed by atoms with Crippen LogP contribution in [0, 0.1) is 5.92 Å². The van der Waals surface area contributed by atoms with Gasteiger partial charge in [0, 0.05) is 32.4 Å². The van der Waals surface area contributed by atoms with Crippen molar-refractivity contribution in [3.8, 4) is 0 Å². The minimum absolute atomic E-state index is 0.0201. The van der Waals surface area contributed by atoms with Crippen molar-refractivity contribution in [1.82, 2.24) is 19.9 Å². The van der Waals surface area contributed by atoms with E-state index < -0.39 is 0 Å². The van der Waals surface area contributed by atoms with Gasteiger partial charge in [0.25, 0.3) is 5.91 Å². The van der Waals surface area contributed by atoms with Crippen LogP contribution in [0.4, 0.5) is 0 Å². The molecule has 0 spiro atoms. The Bertz CT molecular complexity index is 684. The fraction of sp³-hybridized carbons (Fsp3) is 0.562. The number of rotatable bonds is 6. The molecule has 0 bridgehead atoms. The quantitative estimate of drug-likeness (QED) is 0.854. The second-order valence-corrected chi connectivity index (χ2v) is 6.96. The van der Waals surface area contributed by atoms with Crippen LogP contribution in [-0.2, 0) is 18.8 Å². The van der Waals surface area contributed by atoms with Gasteiger partial charge in [0.2, 0.25) is 0 Å². The molecule has 0 radical (unpaired) electrons. The topological polar surface area (TPSA) is 90.2 Å². The Balaban J connectivity index is 1.60. The predicted molar refractivity (Wildman–Crippen MR) is 92.5 cm³/mol. The lowest BCUT2D eigenvalue weighted by Crippen LogP contribution is -2.41. The Labute approximate surface area is 145 Å². The lowest BCUT2D eigenvalue weighted by Gasteiger charge is -2.32. The average Bonchev–Trinajstić information content (AvgIpc) is 3.24. The molecule has 2 aromatic rings. The van der Waals surface area contributed by atoms with E-state index in [4.69, 9.17) is 10.2 Å². The van der Waals surface area contributed by atoms with Crippen LogP contribution in [-0.4, -0.2) is 45.1 Å². The second-order valence-electron chi connectivity index (χ2n) is 6.09. The predicted octanol–water partition coefficient (Wildman–Crippen LogP) is 1.75. The summed E-state index contributed by atoms with van der Waals surface area (Å²) in [5, 5.41) is 8.11. The number of piperidine rings is 1. The van der Waals surface area contributed by atoms with Gasteiger partial charge < -0.3 is 15.1 Å². The van der Waals surface area contributed by atoms with Crippen LogP contribution < -0.4 is 5.73 Å². The van der Waals surface area contributed by atoms with Crippen LogP contribution in [0.25, 0.3) is 0 Å². The summed E-state index contributed by atoms with van der Waals surface area (Å²) in [6.45, 7) is 2.65. The summed E-state index contributed by atoms with van der Waals surface area (Å²) in [6.07, 6.45) is 5.96. The van der Waals surface area contributed by atoms with Crippen LogP contribution in [0.5, 0.6) is 0 Å². The van der Waals surface area contributed by atoms with E-state index in [2.05, 4.69) is 10.3 Å². The summed E-state index contributed by atoms with van der Waals surface area (Å²) >= 11 is 1.68. The molecular weight excluding hydrogens is 326 g/mol. The van der Waals surface area contributed by atoms with Gasteiger partial charge in [0.1, 0.15) is 5.76 Å². The van der Waals surface area contributed by atoms with Gasteiger partial charge in [-0.05, 0) is 37.1 Å². The fourth-order valence-corrected chi connectivity index (χ4v) is 3.49. The molecule has 0 aliphatic carbocycles. The van der Waals surface area contributed by atoms with Crippen molar-refractivity contribution in [2.75, 3.05) is 19.3 Å². The highest BCUT2D eigenvalue weighted by atomic mass is 32.2. The summed E-state index contributed by atoms with van der Waals surface area (Å²) in [6, 6.07) is 3.66. The number of carbonyl (C=O) groups is 1. The number of nitrogens with zero attached hydrogens (tertiary/aromatic N) is 4. The molecule has 1 amide bonds. The maximum absolute atomic E-state index is 12.6. The second kappa shape index (κ2) is 7.85. The SMILES string of the molecule is CSCc1ccc(C(=O)N2CCC[C@H](Cn3cc(CN)nn3)C2)o1. The first-order valence-corrected chi connectivity index (χ1v) is 9.55. The van der Waals surface area contributed by atoms with Crippen LogP contribution in [0.3, 0.4) is 0 Å². The Kier molecular flexibility index (Phi) is 5.57. The highest BCUT2D eigenvalue weighted by Crippen LogP contribution is 2.21. The van der Waals surface area contributed by atoms with E-state index in [9.17, 15) is 4.79 Å². The molecular formula is C16H23N5O2S. The lowest BCUT2D eigenvalue weighted by atomic mass is 9.98. The molecule has 2 aromatic heterocycles. The van der Waals surface area contributed by atoms with Gasteiger partial charge in [0.05, 0.1) is 11.4 Å². The van der Waals surface area contributed by atoms with Gasteiger partial charge in [-0.3, -0.25) is 9.48 Å². The van der Waals surface area contributed by atoms with Gasteiger partial charge in [-0.25, -0.2) is 0 Å². The zero-order chi connectivity index (χ0) is 16.9. The third kappa shape index (κ3) is 3.99. The molecule has 0 aromatic carbocycles. The van der Waals surface area contributed by atoms with Crippen molar-refractivity contribution < 1.29 is 9.21 Å². The zero-order valence-corrected chi connectivity index (χ0v) is 14.7. The summed E-state index contributed by atoms with van der Waals surface area (Å²) in [5.74, 6) is 2.41. The van der Waals surface area contributed by atoms with Crippen LogP contribution >= 0.6 is 11.8 Å². The molecule has 1 saturated heterocycles. The molecule has 7 nitrogen and oxygen atoms in total. The van der Waals surface area contributed by atoms with Crippen LogP contribution in [0.1, 0.15) is 34.9 Å². The van der Waals surface area contributed by atoms with Crippen LogP contribution in [0.15, 0.2) is 22.7 Å². The minimum atomic E-state index is -0.0201. The Morgan fingerprint density at radius 2 is 2.38 bits per heavy atom. The number of furan rings is 1. The lowest BCUT2D eigenvalue weighted by molar-refractivity contribution is 0.0626. The van der Waals surface area contributed by atoms with Crippen molar-refractivity contribution in [3.63, 3.8) is 0 Å². The fourth-order valence-electron chi connectivity index (χ4n) is 3.05. The Morgan fingerprint density at radius 1 is 1.50 bits per heavy atom. The number of hydrogen-bond acceptors (Lipinski definition) is 6. The number of aromatic nitrogens is 3. The summed E-state index contributed by atoms with van der Waals surface area (Å²) in [5.41, 5.74) is 6.35. The maximum atomic E-state index is 12.6. The number of thioether (sulfide) groups is 1. The minimum Gasteiger partial charge on any atom is -0.455 e. The summed E-state index contributed by atoms with van der Waals surface area (Å²) in [7, 11) is 0. The Hall–Kier alpha value is -1.80. The molecule has 1 fully saturated rings. The molecule has 8 heteroatoms. The maximum Gasteiger partial charge on any atom is 0.289 e. The zero-order valence-electron chi connectivity index (χ0n) is 13.9. The van der Waals surface area contributed by atoms with E-state index in [1.807, 2.05) is 28.1 Å². The first-order chi connectivity index (χ1) is 11.7. The first-order valence-electron chi connectivity index (χ1n) is 8.15. The van der Waals surface area contributed by atoms with E-state index in [0.717, 1.165) is 49.7 Å². The average molecular weight is 349 g/mol. The normalized spacial score (nSPS) is 18.1. The van der Waals surface area contributed by atoms with E-state index in [-0.39, 0.29) is 5.91 Å². The van der Waals surface area contributed by atoms with Crippen molar-refractivity contribution in [3.05, 3.63) is 35.5 Å². The van der Waals surface area contributed by atoms with E-state index in [1.165, 1.54) is 0 Å². The number of amides is 1. The molecule has 1 aliphatic heterocycles. The summed E-state index contributed by atoms with van der Waals surface area (Å²) in [4.78, 5) is 14.5. The van der Waals surface area contributed by atoms with Crippen molar-refractivity contribution in [1.29, 1.82) is 0 Å². The van der Waals surface area contributed by atoms with Crippen molar-refractivity contribution in [2.45, 2.75) is 31.7 Å². The molecule has 130 valence electrons. The standard InChI is InChI=1S/C16H23N5O2S/c1-24-11-14-4-5-15(23-14)16(22)20-6-2-3-12(8-20)9-21-10-13(7-17)18-19-21/h4-5,10,12H,2-3,6-9,11,17H2,1H3/t12-/m0/s1. The molecule has 0 saturated carbocycles. The molecule has 0 unspecified atom stereocenters. The number of likely N-dealkylation sites (tertiary alicyclic amines) is 1. The number of carbonyl (C=O) groups excluding carboxylic acids is 1. The Morgan fingerprint density at radius 3 is 3.12 bits per heavy atom. The highest BCUT2D eigenvalue weighted by Gasteiger charge is 2.26. The van der Waals surface area contributed by atoms with Crippen molar-refractivity contribution >= 4 is 17.7 Å². The molecule has 2 N–H and O–H groups in total. The molecule has 3 heterocycles. The van der Waals surface area contributed by atoms with Gasteiger partial charge in [-0.2, -0.15) is 11.8 Å². The smallest absolute Gasteiger partial charge is 0.289 e. The summed E-state index contributed by atoms with van der Waals surface area (Å²) < 4.78 is 7.48. The molecule has 1 atom stereocenters. The van der Waals surface area contributed by atoms with E-state index >= 15 is 0 Å². The monoisotopic (exact) mass is 349 g/mol. The van der Waals surface area contributed by atoms with Gasteiger partial charge in [0.15, 0.2) is 5.76 Å². The molecule has 24 heavy (non-hydrogen) atoms.